The van der Waals surface area contributed by atoms with Gasteiger partial charge >= 0.3 is 0 Å². The summed E-state index contributed by atoms with van der Waals surface area (Å²) in [7, 11) is 1.44. The molecule has 1 aromatic carbocycles. The highest BCUT2D eigenvalue weighted by Gasteiger charge is 2.07. The van der Waals surface area contributed by atoms with Gasteiger partial charge in [-0.3, -0.25) is 4.99 Å². The topological polar surface area (TPSA) is 84.6 Å². The fourth-order valence-electron chi connectivity index (χ4n) is 1.07. The molecule has 1 rings (SSSR count). The summed E-state index contributed by atoms with van der Waals surface area (Å²) in [5.74, 6) is -0.0138. The zero-order chi connectivity index (χ0) is 11.3. The fourth-order valence-corrected chi connectivity index (χ4v) is 1.98. The molecular formula is C9H12BrN3OS. The Morgan fingerprint density at radius 1 is 1.53 bits per heavy atom. The summed E-state index contributed by atoms with van der Waals surface area (Å²) >= 11 is 3.27. The molecule has 1 aromatic rings. The Hall–Kier alpha value is -0.720. The molecule has 0 spiro atoms. The van der Waals surface area contributed by atoms with Gasteiger partial charge in [0.2, 0.25) is 0 Å². The third-order valence-corrected chi connectivity index (χ3v) is 3.33. The van der Waals surface area contributed by atoms with Crippen LogP contribution in [0, 0.1) is 0 Å². The number of rotatable bonds is 4. The number of guanidine groups is 1. The summed E-state index contributed by atoms with van der Waals surface area (Å²) in [4.78, 5) is 4.78. The lowest BCUT2D eigenvalue weighted by Crippen LogP contribution is -2.23. The molecule has 4 nitrogen and oxygen atoms in total. The fraction of sp³-hybridized carbons (Fsp3) is 0.222. The number of aliphatic hydroxyl groups excluding tert-OH is 1. The number of aliphatic hydroxyl groups is 1. The highest BCUT2D eigenvalue weighted by Crippen LogP contribution is 2.26. The minimum atomic E-state index is -0.674. The minimum absolute atomic E-state index is 0.0138. The number of halogens is 1. The van der Waals surface area contributed by atoms with Crippen molar-refractivity contribution in [1.29, 1.82) is 0 Å². The molecule has 6 heteroatoms. The lowest BCUT2D eigenvalue weighted by Gasteiger charge is -2.08. The summed E-state index contributed by atoms with van der Waals surface area (Å²) in [6.45, 7) is 0.179. The maximum absolute atomic E-state index is 9.75. The molecule has 0 amide bonds. The molecule has 5 N–H and O–H groups in total. The van der Waals surface area contributed by atoms with Gasteiger partial charge in [-0.1, -0.05) is 12.1 Å². The Labute approximate surface area is 100.0 Å². The summed E-state index contributed by atoms with van der Waals surface area (Å²) < 4.78 is 0. The van der Waals surface area contributed by atoms with Crippen molar-refractivity contribution in [2.45, 2.75) is 11.0 Å². The Morgan fingerprint density at radius 2 is 2.27 bits per heavy atom. The van der Waals surface area contributed by atoms with Crippen LogP contribution in [0.5, 0.6) is 0 Å². The van der Waals surface area contributed by atoms with Gasteiger partial charge in [-0.2, -0.15) is 0 Å². The third kappa shape index (κ3) is 4.11. The van der Waals surface area contributed by atoms with Crippen LogP contribution in [0.4, 0.5) is 0 Å². The van der Waals surface area contributed by atoms with Crippen molar-refractivity contribution < 1.29 is 5.11 Å². The smallest absolute Gasteiger partial charge is 0.186 e. The largest absolute Gasteiger partial charge is 0.386 e. The Kier molecular flexibility index (Phi) is 4.93. The van der Waals surface area contributed by atoms with Crippen molar-refractivity contribution >= 4 is 31.0 Å². The Bertz CT molecular complexity index is 355. The van der Waals surface area contributed by atoms with Crippen molar-refractivity contribution in [1.82, 2.24) is 0 Å². The number of aliphatic imine (C=N–C) groups is 1. The summed E-state index contributed by atoms with van der Waals surface area (Å²) in [6, 6.07) is 7.53. The summed E-state index contributed by atoms with van der Waals surface area (Å²) in [6.07, 6.45) is -0.674. The predicted octanol–water partition coefficient (Wildman–Crippen LogP) is 1.40. The predicted molar refractivity (Wildman–Crippen MR) is 66.9 cm³/mol. The van der Waals surface area contributed by atoms with Gasteiger partial charge < -0.3 is 16.6 Å². The molecule has 1 atom stereocenters. The summed E-state index contributed by atoms with van der Waals surface area (Å²) in [5, 5.41) is 9.75. The van der Waals surface area contributed by atoms with Crippen LogP contribution in [0.3, 0.4) is 0 Å². The normalized spacial score (nSPS) is 12.1. The molecule has 0 aliphatic heterocycles. The second kappa shape index (κ2) is 5.99. The van der Waals surface area contributed by atoms with Crippen molar-refractivity contribution in [3.05, 3.63) is 29.8 Å². The van der Waals surface area contributed by atoms with E-state index in [2.05, 4.69) is 19.8 Å². The van der Waals surface area contributed by atoms with E-state index in [4.69, 9.17) is 11.5 Å². The molecule has 82 valence electrons. The van der Waals surface area contributed by atoms with Crippen LogP contribution in [0.15, 0.2) is 34.2 Å². The van der Waals surface area contributed by atoms with Crippen LogP contribution in [0.1, 0.15) is 11.7 Å². The summed E-state index contributed by atoms with van der Waals surface area (Å²) in [5.41, 5.74) is 11.2. The van der Waals surface area contributed by atoms with Crippen LogP contribution in [-0.4, -0.2) is 17.6 Å². The van der Waals surface area contributed by atoms with Gasteiger partial charge in [-0.15, -0.1) is 0 Å². The van der Waals surface area contributed by atoms with Crippen LogP contribution >= 0.6 is 25.0 Å². The van der Waals surface area contributed by atoms with Gasteiger partial charge in [0.25, 0.3) is 0 Å². The first-order valence-corrected chi connectivity index (χ1v) is 6.91. The molecule has 0 aliphatic rings. The lowest BCUT2D eigenvalue weighted by atomic mass is 10.1. The Balaban J connectivity index is 2.72. The standard InChI is InChI=1S/C9H12BrN3OS/c10-15-7-3-1-2-6(4-7)8(14)5-13-9(11)12/h1-4,8,14H,5H2,(H4,11,12,13)/t8-/m0/s1. The molecule has 0 saturated carbocycles. The zero-order valence-corrected chi connectivity index (χ0v) is 10.3. The molecule has 15 heavy (non-hydrogen) atoms. The second-order valence-corrected chi connectivity index (χ2v) is 4.53. The molecular weight excluding hydrogens is 278 g/mol. The molecule has 0 radical (unpaired) electrons. The van der Waals surface area contributed by atoms with Crippen LogP contribution < -0.4 is 11.5 Å². The van der Waals surface area contributed by atoms with E-state index >= 15 is 0 Å². The highest BCUT2D eigenvalue weighted by molar-refractivity contribution is 9.50. The third-order valence-electron chi connectivity index (χ3n) is 1.78. The Morgan fingerprint density at radius 3 is 2.87 bits per heavy atom. The van der Waals surface area contributed by atoms with Crippen LogP contribution in [0.25, 0.3) is 0 Å². The van der Waals surface area contributed by atoms with Gasteiger partial charge in [-0.25, -0.2) is 0 Å². The van der Waals surface area contributed by atoms with E-state index in [1.165, 1.54) is 10.2 Å². The minimum Gasteiger partial charge on any atom is -0.386 e. The zero-order valence-electron chi connectivity index (χ0n) is 7.93. The second-order valence-electron chi connectivity index (χ2n) is 2.93. The van der Waals surface area contributed by atoms with E-state index in [-0.39, 0.29) is 12.5 Å². The molecule has 0 heterocycles. The highest BCUT2D eigenvalue weighted by atomic mass is 79.9. The van der Waals surface area contributed by atoms with Crippen molar-refractivity contribution in [3.63, 3.8) is 0 Å². The van der Waals surface area contributed by atoms with Crippen LogP contribution in [-0.2, 0) is 0 Å². The van der Waals surface area contributed by atoms with E-state index < -0.39 is 6.10 Å². The molecule has 0 aromatic heterocycles. The van der Waals surface area contributed by atoms with Crippen molar-refractivity contribution in [2.24, 2.45) is 16.5 Å². The van der Waals surface area contributed by atoms with Crippen LogP contribution in [0.2, 0.25) is 0 Å². The number of hydrogen-bond donors (Lipinski definition) is 3. The van der Waals surface area contributed by atoms with E-state index in [0.717, 1.165) is 10.5 Å². The monoisotopic (exact) mass is 289 g/mol. The lowest BCUT2D eigenvalue weighted by molar-refractivity contribution is 0.187. The molecule has 0 saturated heterocycles. The quantitative estimate of drug-likeness (QED) is 0.578. The van der Waals surface area contributed by atoms with Gasteiger partial charge in [-0.05, 0) is 42.7 Å². The number of benzene rings is 1. The van der Waals surface area contributed by atoms with Gasteiger partial charge in [0, 0.05) is 4.90 Å². The van der Waals surface area contributed by atoms with E-state index in [1.54, 1.807) is 0 Å². The molecule has 0 bridgehead atoms. The first kappa shape index (κ1) is 12.4. The van der Waals surface area contributed by atoms with Gasteiger partial charge in [0.15, 0.2) is 5.96 Å². The number of nitrogens with two attached hydrogens (primary N) is 2. The maximum atomic E-state index is 9.75. The SMILES string of the molecule is NC(N)=NC[C@H](O)c1cccc(SBr)c1. The molecule has 0 unspecified atom stereocenters. The van der Waals surface area contributed by atoms with E-state index in [0.29, 0.717) is 0 Å². The average Bonchev–Trinajstić information content (AvgIpc) is 2.26. The van der Waals surface area contributed by atoms with E-state index in [9.17, 15) is 5.11 Å². The number of hydrogen-bond acceptors (Lipinski definition) is 3. The maximum Gasteiger partial charge on any atom is 0.186 e. The molecule has 0 aliphatic carbocycles. The van der Waals surface area contributed by atoms with Crippen molar-refractivity contribution in [3.8, 4) is 0 Å². The molecule has 0 fully saturated rings. The van der Waals surface area contributed by atoms with Gasteiger partial charge in [0.1, 0.15) is 0 Å². The number of nitrogens with zero attached hydrogens (tertiary/aromatic N) is 1. The first-order valence-electron chi connectivity index (χ1n) is 4.25. The average molecular weight is 290 g/mol. The first-order chi connectivity index (χ1) is 7.13. The van der Waals surface area contributed by atoms with Gasteiger partial charge in [0.05, 0.1) is 12.6 Å². The van der Waals surface area contributed by atoms with Crippen molar-refractivity contribution in [2.75, 3.05) is 6.54 Å². The van der Waals surface area contributed by atoms with E-state index in [1.807, 2.05) is 24.3 Å².